The van der Waals surface area contributed by atoms with Gasteiger partial charge in [-0.15, -0.1) is 0 Å². The molecule has 0 aliphatic rings. The minimum Gasteiger partial charge on any atom is -0.550 e. The van der Waals surface area contributed by atoms with E-state index in [1.165, 1.54) is 0 Å². The summed E-state index contributed by atoms with van der Waals surface area (Å²) in [7, 11) is 0. The molecule has 0 bridgehead atoms. The molecule has 0 unspecified atom stereocenters. The van der Waals surface area contributed by atoms with Gasteiger partial charge in [0.2, 0.25) is 0 Å². The van der Waals surface area contributed by atoms with Crippen LogP contribution in [0.4, 0.5) is 4.79 Å². The van der Waals surface area contributed by atoms with Gasteiger partial charge in [0, 0.05) is 6.61 Å². The molecule has 0 aliphatic heterocycles. The van der Waals surface area contributed by atoms with Crippen LogP contribution in [0.5, 0.6) is 0 Å². The Morgan fingerprint density at radius 2 is 2.10 bits per heavy atom. The molecular weight excluding hydrogens is 159 g/mol. The van der Waals surface area contributed by atoms with Crippen LogP contribution >= 0.6 is 0 Å². The van der Waals surface area contributed by atoms with Crippen molar-refractivity contribution in [2.45, 2.75) is 20.3 Å². The van der Waals surface area contributed by atoms with Gasteiger partial charge < -0.3 is 14.6 Å². The van der Waals surface area contributed by atoms with Crippen molar-refractivity contribution >= 4 is 6.16 Å². The Kier molecular flexibility index (Phi) is 10.8. The molecule has 0 saturated heterocycles. The van der Waals surface area contributed by atoms with Crippen molar-refractivity contribution in [2.75, 3.05) is 6.61 Å². The molecule has 0 aromatic rings. The Bertz CT molecular complexity index is 93.0. The number of carbonyl (C=O) groups excluding carboxylic acids is 1. The first-order chi connectivity index (χ1) is 4.13. The minimum absolute atomic E-state index is 0. The molecule has 0 atom stereocenters. The molecule has 0 heterocycles. The van der Waals surface area contributed by atoms with E-state index in [1.807, 2.05) is 13.8 Å². The normalized spacial score (nSPS) is 8.70. The predicted octanol–water partition coefficient (Wildman–Crippen LogP) is -2.60. The maximum atomic E-state index is 9.65. The molecule has 0 spiro atoms. The van der Waals surface area contributed by atoms with Crippen molar-refractivity contribution < 1.29 is 66.0 Å². The van der Waals surface area contributed by atoms with Crippen LogP contribution in [0.1, 0.15) is 20.3 Å². The van der Waals surface area contributed by atoms with Gasteiger partial charge in [0.05, 0.1) is 0 Å². The molecule has 0 saturated carbocycles. The number of carbonyl (C=O) groups is 1. The van der Waals surface area contributed by atoms with Crippen molar-refractivity contribution in [3.05, 3.63) is 0 Å². The molecule has 0 amide bonds. The summed E-state index contributed by atoms with van der Waals surface area (Å²) in [4.78, 5) is 9.65. The van der Waals surface area contributed by atoms with Gasteiger partial charge in [-0.2, -0.15) is 0 Å². The molecule has 3 nitrogen and oxygen atoms in total. The summed E-state index contributed by atoms with van der Waals surface area (Å²) in [6, 6.07) is 0. The molecule has 54 valence electrons. The Labute approximate surface area is 104 Å². The molecule has 0 rings (SSSR count). The van der Waals surface area contributed by atoms with Gasteiger partial charge >= 0.3 is 51.4 Å². The summed E-state index contributed by atoms with van der Waals surface area (Å²) < 4.78 is 4.16. The van der Waals surface area contributed by atoms with E-state index in [1.54, 1.807) is 0 Å². The summed E-state index contributed by atoms with van der Waals surface area (Å²) in [5.41, 5.74) is 0. The van der Waals surface area contributed by atoms with Crippen molar-refractivity contribution in [3.63, 3.8) is 0 Å². The topological polar surface area (TPSA) is 49.4 Å². The summed E-state index contributed by atoms with van der Waals surface area (Å²) in [5, 5.41) is 9.65. The van der Waals surface area contributed by atoms with Crippen LogP contribution in [0.15, 0.2) is 0 Å². The monoisotopic (exact) mass is 170 g/mol. The van der Waals surface area contributed by atoms with Crippen LogP contribution < -0.4 is 56.5 Å². The largest absolute Gasteiger partial charge is 1.00 e. The van der Waals surface area contributed by atoms with E-state index in [4.69, 9.17) is 0 Å². The zero-order chi connectivity index (χ0) is 7.28. The van der Waals surface area contributed by atoms with E-state index in [0.29, 0.717) is 5.92 Å². The quantitative estimate of drug-likeness (QED) is 0.345. The third kappa shape index (κ3) is 11.7. The van der Waals surface area contributed by atoms with Gasteiger partial charge in [-0.25, -0.2) is 0 Å². The molecule has 0 aliphatic carbocycles. The van der Waals surface area contributed by atoms with Crippen LogP contribution in [-0.2, 0) is 4.74 Å². The average Bonchev–Trinajstić information content (AvgIpc) is 1.63. The summed E-state index contributed by atoms with van der Waals surface area (Å²) in [6.45, 7) is 4.25. The van der Waals surface area contributed by atoms with Crippen molar-refractivity contribution in [2.24, 2.45) is 5.92 Å². The molecule has 0 fully saturated rings. The van der Waals surface area contributed by atoms with Gasteiger partial charge in [-0.05, 0) is 12.3 Å². The van der Waals surface area contributed by atoms with Gasteiger partial charge in [0.1, 0.15) is 0 Å². The van der Waals surface area contributed by atoms with Crippen LogP contribution in [0.25, 0.3) is 0 Å². The van der Waals surface area contributed by atoms with Crippen molar-refractivity contribution in [3.8, 4) is 0 Å². The van der Waals surface area contributed by atoms with Crippen LogP contribution in [0.3, 0.4) is 0 Å². The third-order valence-electron chi connectivity index (χ3n) is 0.915. The fourth-order valence-corrected chi connectivity index (χ4v) is 0.378. The van der Waals surface area contributed by atoms with Crippen molar-refractivity contribution in [1.82, 2.24) is 0 Å². The zero-order valence-electron chi connectivity index (χ0n) is 6.72. The van der Waals surface area contributed by atoms with E-state index in [-0.39, 0.29) is 58.0 Å². The Hall–Kier alpha value is 0.906. The molecule has 10 heavy (non-hydrogen) atoms. The number of carboxylic acid groups (broad SMARTS) is 1. The fourth-order valence-electron chi connectivity index (χ4n) is 0.378. The van der Waals surface area contributed by atoms with E-state index < -0.39 is 6.16 Å². The van der Waals surface area contributed by atoms with Crippen LogP contribution in [0, 0.1) is 5.92 Å². The van der Waals surface area contributed by atoms with Crippen LogP contribution in [0.2, 0.25) is 0 Å². The maximum Gasteiger partial charge on any atom is 1.00 e. The molecule has 0 aromatic heterocycles. The summed E-state index contributed by atoms with van der Waals surface area (Å²) >= 11 is 0. The minimum atomic E-state index is -1.43. The van der Waals surface area contributed by atoms with Gasteiger partial charge in [-0.3, -0.25) is 0 Å². The SMILES string of the molecule is CC(C)CCOC(=O)[O-].[K+]. The van der Waals surface area contributed by atoms with Gasteiger partial charge in [0.15, 0.2) is 0 Å². The molecule has 0 aromatic carbocycles. The Morgan fingerprint density at radius 3 is 2.40 bits per heavy atom. The number of hydrogen-bond acceptors (Lipinski definition) is 3. The number of rotatable bonds is 3. The average molecular weight is 170 g/mol. The first kappa shape index (κ1) is 13.5. The first-order valence-corrected chi connectivity index (χ1v) is 2.96. The van der Waals surface area contributed by atoms with E-state index >= 15 is 0 Å². The maximum absolute atomic E-state index is 9.65. The Morgan fingerprint density at radius 1 is 1.60 bits per heavy atom. The molecule has 4 heteroatoms. The smallest absolute Gasteiger partial charge is 0.550 e. The van der Waals surface area contributed by atoms with Gasteiger partial charge in [-0.1, -0.05) is 13.8 Å². The molecule has 0 radical (unpaired) electrons. The van der Waals surface area contributed by atoms with Crippen LogP contribution in [-0.4, -0.2) is 12.8 Å². The fraction of sp³-hybridized carbons (Fsp3) is 0.833. The number of ether oxygens (including phenoxy) is 1. The van der Waals surface area contributed by atoms with Crippen molar-refractivity contribution in [1.29, 1.82) is 0 Å². The van der Waals surface area contributed by atoms with E-state index in [9.17, 15) is 9.90 Å². The second-order valence-electron chi connectivity index (χ2n) is 2.28. The predicted molar refractivity (Wildman–Crippen MR) is 30.8 cm³/mol. The molecular formula is C6H11KO3. The standard InChI is InChI=1S/C6H12O3.K/c1-5(2)3-4-9-6(7)8;/h5H,3-4H2,1-2H3,(H,7,8);/q;+1/p-1. The zero-order valence-corrected chi connectivity index (χ0v) is 9.84. The van der Waals surface area contributed by atoms with Gasteiger partial charge in [0.25, 0.3) is 6.16 Å². The van der Waals surface area contributed by atoms with E-state index in [0.717, 1.165) is 6.42 Å². The summed E-state index contributed by atoms with van der Waals surface area (Å²) in [5.74, 6) is 0.476. The second kappa shape index (κ2) is 8.01. The summed E-state index contributed by atoms with van der Waals surface area (Å²) in [6.07, 6.45) is -0.677. The van der Waals surface area contributed by atoms with E-state index in [2.05, 4.69) is 4.74 Å². The number of hydrogen-bond donors (Lipinski definition) is 0. The molecule has 0 N–H and O–H groups in total. The third-order valence-corrected chi connectivity index (χ3v) is 0.915. The second-order valence-corrected chi connectivity index (χ2v) is 2.28. The first-order valence-electron chi connectivity index (χ1n) is 2.96. The Balaban J connectivity index is 0.